The minimum absolute atomic E-state index is 0.0612. The van der Waals surface area contributed by atoms with E-state index < -0.39 is 17.6 Å². The number of rotatable bonds is 10. The fraction of sp³-hybridized carbons (Fsp3) is 0.474. The molecule has 27 heavy (non-hydrogen) atoms. The first kappa shape index (κ1) is 21.4. The number of hydrogen-bond donors (Lipinski definition) is 1. The summed E-state index contributed by atoms with van der Waals surface area (Å²) in [6.45, 7) is 7.21. The number of aliphatic carboxylic acids is 1. The molecule has 0 radical (unpaired) electrons. The molecule has 0 atom stereocenters. The van der Waals surface area contributed by atoms with E-state index in [-0.39, 0.29) is 18.9 Å². The Balaban J connectivity index is 2.21. The molecule has 0 bridgehead atoms. The smallest absolute Gasteiger partial charge is 0.303 e. The van der Waals surface area contributed by atoms with Crippen molar-refractivity contribution >= 4 is 17.7 Å². The number of hydrogen-bond acceptors (Lipinski definition) is 4. The minimum Gasteiger partial charge on any atom is -0.481 e. The van der Waals surface area contributed by atoms with Crippen LogP contribution in [0.2, 0.25) is 0 Å². The van der Waals surface area contributed by atoms with Crippen molar-refractivity contribution in [2.24, 2.45) is 0 Å². The monoisotopic (exact) mass is 398 g/mol. The molecule has 0 unspecified atom stereocenters. The normalized spacial score (nSPS) is 11.3. The molecule has 8 heteroatoms. The second-order valence-corrected chi connectivity index (χ2v) is 7.44. The van der Waals surface area contributed by atoms with Crippen LogP contribution < -0.4 is 0 Å². The lowest BCUT2D eigenvalue weighted by atomic mass is 10.1. The molecule has 1 aromatic heterocycles. The van der Waals surface area contributed by atoms with Gasteiger partial charge >= 0.3 is 5.97 Å². The van der Waals surface area contributed by atoms with Crippen LogP contribution in [0.1, 0.15) is 51.0 Å². The van der Waals surface area contributed by atoms with Crippen LogP contribution in [0.3, 0.4) is 0 Å². The van der Waals surface area contributed by atoms with Crippen LogP contribution in [0.5, 0.6) is 0 Å². The average molecular weight is 398 g/mol. The highest BCUT2D eigenvalue weighted by Gasteiger charge is 2.20. The number of halogens is 2. The Bertz CT molecular complexity index is 773. The first-order chi connectivity index (χ1) is 12.8. The maximum absolute atomic E-state index is 13.5. The summed E-state index contributed by atoms with van der Waals surface area (Å²) in [7, 11) is 0. The Morgan fingerprint density at radius 1 is 1.30 bits per heavy atom. The zero-order chi connectivity index (χ0) is 20.0. The van der Waals surface area contributed by atoms with Gasteiger partial charge in [0.05, 0.1) is 5.69 Å². The predicted octanol–water partition coefficient (Wildman–Crippen LogP) is 4.84. The standard InChI is InChI=1S/C19H24F2N2O3S/c1-4-23-16(11-26-7-5-6-17(24)25)22-18(12(2)3)19(23)27-15-9-13(20)8-14(21)10-15/h8-10,12H,4-7,11H2,1-3H3,(H,24,25). The Kier molecular flexibility index (Phi) is 7.79. The molecular weight excluding hydrogens is 374 g/mol. The van der Waals surface area contributed by atoms with Gasteiger partial charge in [0.2, 0.25) is 0 Å². The molecular formula is C19H24F2N2O3S. The summed E-state index contributed by atoms with van der Waals surface area (Å²) in [5, 5.41) is 9.50. The van der Waals surface area contributed by atoms with E-state index in [4.69, 9.17) is 9.84 Å². The van der Waals surface area contributed by atoms with Gasteiger partial charge < -0.3 is 14.4 Å². The van der Waals surface area contributed by atoms with Crippen molar-refractivity contribution in [3.8, 4) is 0 Å². The van der Waals surface area contributed by atoms with Crippen LogP contribution in [0, 0.1) is 11.6 Å². The summed E-state index contributed by atoms with van der Waals surface area (Å²) in [6, 6.07) is 3.45. The van der Waals surface area contributed by atoms with E-state index >= 15 is 0 Å². The summed E-state index contributed by atoms with van der Waals surface area (Å²) in [6.07, 6.45) is 0.495. The van der Waals surface area contributed by atoms with Crippen molar-refractivity contribution in [1.82, 2.24) is 9.55 Å². The van der Waals surface area contributed by atoms with Crippen LogP contribution in [-0.4, -0.2) is 27.2 Å². The zero-order valence-corrected chi connectivity index (χ0v) is 16.5. The lowest BCUT2D eigenvalue weighted by Gasteiger charge is -2.11. The highest BCUT2D eigenvalue weighted by molar-refractivity contribution is 7.99. The van der Waals surface area contributed by atoms with Crippen LogP contribution in [0.4, 0.5) is 8.78 Å². The Morgan fingerprint density at radius 2 is 1.96 bits per heavy atom. The Labute approximate surface area is 161 Å². The molecule has 0 spiro atoms. The number of imidazole rings is 1. The predicted molar refractivity (Wildman–Crippen MR) is 99.0 cm³/mol. The number of carboxylic acid groups (broad SMARTS) is 1. The molecule has 0 fully saturated rings. The lowest BCUT2D eigenvalue weighted by molar-refractivity contribution is -0.137. The zero-order valence-electron chi connectivity index (χ0n) is 15.7. The molecule has 0 saturated carbocycles. The van der Waals surface area contributed by atoms with Crippen molar-refractivity contribution in [1.29, 1.82) is 0 Å². The third-order valence-electron chi connectivity index (χ3n) is 3.85. The van der Waals surface area contributed by atoms with E-state index in [1.165, 1.54) is 23.9 Å². The van der Waals surface area contributed by atoms with Crippen molar-refractivity contribution in [3.63, 3.8) is 0 Å². The van der Waals surface area contributed by atoms with E-state index in [9.17, 15) is 13.6 Å². The highest BCUT2D eigenvalue weighted by Crippen LogP contribution is 2.35. The molecule has 2 aromatic rings. The average Bonchev–Trinajstić information content (AvgIpc) is 2.91. The fourth-order valence-electron chi connectivity index (χ4n) is 2.61. The van der Waals surface area contributed by atoms with Crippen LogP contribution in [-0.2, 0) is 22.7 Å². The van der Waals surface area contributed by atoms with Gasteiger partial charge in [-0.15, -0.1) is 0 Å². The molecule has 0 saturated heterocycles. The van der Waals surface area contributed by atoms with E-state index in [0.717, 1.165) is 22.6 Å². The summed E-state index contributed by atoms with van der Waals surface area (Å²) in [4.78, 5) is 15.7. The third kappa shape index (κ3) is 6.04. The number of carbonyl (C=O) groups is 1. The SMILES string of the molecule is CCn1c(COCCCC(=O)O)nc(C(C)C)c1Sc1cc(F)cc(F)c1. The van der Waals surface area contributed by atoms with Gasteiger partial charge in [0, 0.05) is 30.5 Å². The molecule has 2 rings (SSSR count). The van der Waals surface area contributed by atoms with Crippen molar-refractivity contribution < 1.29 is 23.4 Å². The molecule has 1 heterocycles. The van der Waals surface area contributed by atoms with Gasteiger partial charge in [0.1, 0.15) is 29.1 Å². The number of aromatic nitrogens is 2. The molecule has 1 aromatic carbocycles. The number of ether oxygens (including phenoxy) is 1. The summed E-state index contributed by atoms with van der Waals surface area (Å²) in [5.41, 5.74) is 0.843. The Hall–Kier alpha value is -1.93. The molecule has 0 amide bonds. The molecule has 0 aliphatic rings. The molecule has 148 valence electrons. The van der Waals surface area contributed by atoms with Gasteiger partial charge in [0.25, 0.3) is 0 Å². The topological polar surface area (TPSA) is 64.3 Å². The maximum Gasteiger partial charge on any atom is 0.303 e. The summed E-state index contributed by atoms with van der Waals surface area (Å²) < 4.78 is 34.6. The van der Waals surface area contributed by atoms with E-state index in [1.807, 2.05) is 25.3 Å². The van der Waals surface area contributed by atoms with Gasteiger partial charge in [-0.3, -0.25) is 4.79 Å². The number of carboxylic acids is 1. The van der Waals surface area contributed by atoms with Crippen LogP contribution in [0.15, 0.2) is 28.1 Å². The number of benzene rings is 1. The van der Waals surface area contributed by atoms with Gasteiger partial charge in [0.15, 0.2) is 0 Å². The van der Waals surface area contributed by atoms with Crippen LogP contribution in [0.25, 0.3) is 0 Å². The largest absolute Gasteiger partial charge is 0.481 e. The van der Waals surface area contributed by atoms with E-state index in [1.54, 1.807) is 0 Å². The Morgan fingerprint density at radius 3 is 2.52 bits per heavy atom. The van der Waals surface area contributed by atoms with Crippen molar-refractivity contribution in [2.45, 2.75) is 62.6 Å². The molecule has 5 nitrogen and oxygen atoms in total. The second-order valence-electron chi connectivity index (χ2n) is 6.37. The van der Waals surface area contributed by atoms with E-state index in [2.05, 4.69) is 4.98 Å². The van der Waals surface area contributed by atoms with Gasteiger partial charge in [-0.05, 0) is 31.4 Å². The summed E-state index contributed by atoms with van der Waals surface area (Å²) >= 11 is 1.28. The van der Waals surface area contributed by atoms with Crippen molar-refractivity contribution in [2.75, 3.05) is 6.61 Å². The molecule has 0 aliphatic carbocycles. The van der Waals surface area contributed by atoms with Crippen molar-refractivity contribution in [3.05, 3.63) is 41.4 Å². The maximum atomic E-state index is 13.5. The fourth-order valence-corrected chi connectivity index (χ4v) is 3.91. The minimum atomic E-state index is -0.850. The van der Waals surface area contributed by atoms with Crippen LogP contribution >= 0.6 is 11.8 Å². The second kappa shape index (κ2) is 9.85. The lowest BCUT2D eigenvalue weighted by Crippen LogP contribution is -2.07. The third-order valence-corrected chi connectivity index (χ3v) is 4.94. The van der Waals surface area contributed by atoms with Gasteiger partial charge in [-0.2, -0.15) is 0 Å². The molecule has 1 N–H and O–H groups in total. The highest BCUT2D eigenvalue weighted by atomic mass is 32.2. The summed E-state index contributed by atoms with van der Waals surface area (Å²) in [5.74, 6) is -1.24. The van der Waals surface area contributed by atoms with Gasteiger partial charge in [-0.1, -0.05) is 25.6 Å². The first-order valence-corrected chi connectivity index (χ1v) is 9.66. The first-order valence-electron chi connectivity index (χ1n) is 8.84. The van der Waals surface area contributed by atoms with Gasteiger partial charge in [-0.25, -0.2) is 13.8 Å². The molecule has 0 aliphatic heterocycles. The van der Waals surface area contributed by atoms with E-state index in [0.29, 0.717) is 24.5 Å². The number of nitrogens with zero attached hydrogens (tertiary/aromatic N) is 2. The quantitative estimate of drug-likeness (QED) is 0.581.